The number of nitrogens with zero attached hydrogens (tertiary/aromatic N) is 2. The average molecular weight is 320 g/mol. The summed E-state index contributed by atoms with van der Waals surface area (Å²) in [5, 5.41) is 0. The maximum atomic E-state index is 12.7. The summed E-state index contributed by atoms with van der Waals surface area (Å²) in [6.07, 6.45) is 6.94. The Morgan fingerprint density at radius 3 is 2.00 bits per heavy atom. The number of hydrogen-bond donors (Lipinski definition) is 0. The highest BCUT2D eigenvalue weighted by Gasteiger charge is 2.55. The lowest BCUT2D eigenvalue weighted by Gasteiger charge is -2.55. The first kappa shape index (κ1) is 15.4. The standard InChI is InChI=1S/C18H28N2O3/c1-19-2-4-20(5-3-19)16(21)12-23-17(22)18-9-13-6-14(10-18)8-15(7-13)11-18/h13-15H,2-12H2,1H3. The van der Waals surface area contributed by atoms with Crippen molar-refractivity contribution in [2.45, 2.75) is 38.5 Å². The van der Waals surface area contributed by atoms with Gasteiger partial charge in [-0.05, 0) is 63.3 Å². The Balaban J connectivity index is 1.33. The molecule has 5 nitrogen and oxygen atoms in total. The van der Waals surface area contributed by atoms with Gasteiger partial charge in [-0.3, -0.25) is 9.59 Å². The Morgan fingerprint density at radius 2 is 1.48 bits per heavy atom. The number of ether oxygens (including phenoxy) is 1. The topological polar surface area (TPSA) is 49.9 Å². The molecule has 4 saturated carbocycles. The predicted molar refractivity (Wildman–Crippen MR) is 85.6 cm³/mol. The fourth-order valence-corrected chi connectivity index (χ4v) is 5.79. The van der Waals surface area contributed by atoms with E-state index in [1.165, 1.54) is 19.3 Å². The predicted octanol–water partition coefficient (Wildman–Crippen LogP) is 1.52. The SMILES string of the molecule is CN1CCN(C(=O)COC(=O)C23CC4CC(CC(C4)C2)C3)CC1. The Hall–Kier alpha value is -1.10. The van der Waals surface area contributed by atoms with Gasteiger partial charge in [-0.25, -0.2) is 0 Å². The molecule has 4 bridgehead atoms. The number of carbonyl (C=O) groups excluding carboxylic acids is 2. The highest BCUT2D eigenvalue weighted by atomic mass is 16.5. The molecule has 5 aliphatic rings. The third-order valence-electron chi connectivity index (χ3n) is 6.65. The number of hydrogen-bond acceptors (Lipinski definition) is 4. The van der Waals surface area contributed by atoms with Crippen molar-refractivity contribution in [2.75, 3.05) is 39.8 Å². The molecule has 0 unspecified atom stereocenters. The number of rotatable bonds is 3. The van der Waals surface area contributed by atoms with Gasteiger partial charge >= 0.3 is 5.97 Å². The second kappa shape index (κ2) is 5.76. The zero-order valence-corrected chi connectivity index (χ0v) is 14.1. The summed E-state index contributed by atoms with van der Waals surface area (Å²) < 4.78 is 5.52. The molecule has 5 heteroatoms. The van der Waals surface area contributed by atoms with Gasteiger partial charge in [0, 0.05) is 26.2 Å². The van der Waals surface area contributed by atoms with Crippen LogP contribution < -0.4 is 0 Å². The third-order valence-corrected chi connectivity index (χ3v) is 6.65. The number of piperazine rings is 1. The van der Waals surface area contributed by atoms with Crippen molar-refractivity contribution in [3.63, 3.8) is 0 Å². The molecule has 1 aliphatic heterocycles. The molecular formula is C18H28N2O3. The van der Waals surface area contributed by atoms with E-state index in [2.05, 4.69) is 11.9 Å². The fourth-order valence-electron chi connectivity index (χ4n) is 5.79. The number of esters is 1. The smallest absolute Gasteiger partial charge is 0.312 e. The molecule has 1 saturated heterocycles. The van der Waals surface area contributed by atoms with Crippen LogP contribution in [0.3, 0.4) is 0 Å². The van der Waals surface area contributed by atoms with E-state index in [9.17, 15) is 9.59 Å². The van der Waals surface area contributed by atoms with Crippen molar-refractivity contribution in [1.82, 2.24) is 9.80 Å². The summed E-state index contributed by atoms with van der Waals surface area (Å²) in [5.74, 6) is 2.06. The van der Waals surface area contributed by atoms with Gasteiger partial charge in [0.25, 0.3) is 5.91 Å². The minimum absolute atomic E-state index is 0.0313. The molecule has 0 aromatic carbocycles. The van der Waals surface area contributed by atoms with E-state index in [0.717, 1.165) is 63.2 Å². The lowest BCUT2D eigenvalue weighted by molar-refractivity contribution is -0.174. The van der Waals surface area contributed by atoms with E-state index in [1.54, 1.807) is 0 Å². The van der Waals surface area contributed by atoms with E-state index in [1.807, 2.05) is 4.90 Å². The van der Waals surface area contributed by atoms with Crippen molar-refractivity contribution in [1.29, 1.82) is 0 Å². The van der Waals surface area contributed by atoms with Crippen molar-refractivity contribution in [3.8, 4) is 0 Å². The normalized spacial score (nSPS) is 39.5. The van der Waals surface area contributed by atoms with Crippen LogP contribution in [0.4, 0.5) is 0 Å². The lowest BCUT2D eigenvalue weighted by atomic mass is 9.49. The van der Waals surface area contributed by atoms with Crippen LogP contribution >= 0.6 is 0 Å². The van der Waals surface area contributed by atoms with Crippen LogP contribution in [0.5, 0.6) is 0 Å². The summed E-state index contributed by atoms with van der Waals surface area (Å²) >= 11 is 0. The number of carbonyl (C=O) groups is 2. The van der Waals surface area contributed by atoms with Crippen molar-refractivity contribution in [2.24, 2.45) is 23.2 Å². The Morgan fingerprint density at radius 1 is 0.957 bits per heavy atom. The molecule has 0 atom stereocenters. The van der Waals surface area contributed by atoms with Crippen LogP contribution in [0, 0.1) is 23.2 Å². The van der Waals surface area contributed by atoms with E-state index in [-0.39, 0.29) is 23.9 Å². The maximum Gasteiger partial charge on any atom is 0.312 e. The van der Waals surface area contributed by atoms with E-state index in [4.69, 9.17) is 4.74 Å². The van der Waals surface area contributed by atoms with E-state index >= 15 is 0 Å². The average Bonchev–Trinajstić information content (AvgIpc) is 2.51. The first-order chi connectivity index (χ1) is 11.0. The first-order valence-corrected chi connectivity index (χ1v) is 9.18. The third kappa shape index (κ3) is 2.88. The summed E-state index contributed by atoms with van der Waals surface area (Å²) in [6.45, 7) is 3.21. The molecule has 0 aromatic rings. The molecule has 1 heterocycles. The van der Waals surface area contributed by atoms with Crippen molar-refractivity contribution >= 4 is 11.9 Å². The van der Waals surface area contributed by atoms with Gasteiger partial charge in [-0.1, -0.05) is 0 Å². The van der Waals surface area contributed by atoms with Crippen LogP contribution in [0.25, 0.3) is 0 Å². The molecule has 128 valence electrons. The molecule has 4 aliphatic carbocycles. The second-order valence-electron chi connectivity index (χ2n) is 8.46. The van der Waals surface area contributed by atoms with Gasteiger partial charge in [0.1, 0.15) is 0 Å². The van der Waals surface area contributed by atoms with Crippen LogP contribution in [-0.2, 0) is 14.3 Å². The highest BCUT2D eigenvalue weighted by Crippen LogP contribution is 2.60. The summed E-state index contributed by atoms with van der Waals surface area (Å²) in [7, 11) is 2.06. The summed E-state index contributed by atoms with van der Waals surface area (Å²) in [6, 6.07) is 0. The Labute approximate surface area is 138 Å². The molecule has 0 N–H and O–H groups in total. The largest absolute Gasteiger partial charge is 0.455 e. The summed E-state index contributed by atoms with van der Waals surface area (Å²) in [4.78, 5) is 29.0. The molecule has 5 fully saturated rings. The molecule has 23 heavy (non-hydrogen) atoms. The van der Waals surface area contributed by atoms with Gasteiger partial charge in [-0.15, -0.1) is 0 Å². The van der Waals surface area contributed by atoms with Gasteiger partial charge in [0.15, 0.2) is 6.61 Å². The molecule has 0 aromatic heterocycles. The molecule has 1 amide bonds. The first-order valence-electron chi connectivity index (χ1n) is 9.18. The maximum absolute atomic E-state index is 12.7. The Bertz CT molecular complexity index is 461. The Kier molecular flexibility index (Phi) is 3.87. The van der Waals surface area contributed by atoms with Crippen LogP contribution in [0.15, 0.2) is 0 Å². The zero-order chi connectivity index (χ0) is 16.0. The quantitative estimate of drug-likeness (QED) is 0.740. The number of amides is 1. The van der Waals surface area contributed by atoms with Gasteiger partial charge < -0.3 is 14.5 Å². The van der Waals surface area contributed by atoms with Crippen LogP contribution in [-0.4, -0.2) is 61.5 Å². The molecule has 5 rings (SSSR count). The zero-order valence-electron chi connectivity index (χ0n) is 14.1. The van der Waals surface area contributed by atoms with Gasteiger partial charge in [-0.2, -0.15) is 0 Å². The molecular weight excluding hydrogens is 292 g/mol. The van der Waals surface area contributed by atoms with Crippen LogP contribution in [0.1, 0.15) is 38.5 Å². The minimum Gasteiger partial charge on any atom is -0.455 e. The van der Waals surface area contributed by atoms with Gasteiger partial charge in [0.2, 0.25) is 0 Å². The lowest BCUT2D eigenvalue weighted by Crippen LogP contribution is -2.52. The van der Waals surface area contributed by atoms with Crippen molar-refractivity contribution < 1.29 is 14.3 Å². The van der Waals surface area contributed by atoms with Gasteiger partial charge in [0.05, 0.1) is 5.41 Å². The fraction of sp³-hybridized carbons (Fsp3) is 0.889. The number of likely N-dealkylation sites (N-methyl/N-ethyl adjacent to an activating group) is 1. The van der Waals surface area contributed by atoms with E-state index in [0.29, 0.717) is 0 Å². The highest BCUT2D eigenvalue weighted by molar-refractivity contribution is 5.83. The van der Waals surface area contributed by atoms with Crippen molar-refractivity contribution in [3.05, 3.63) is 0 Å². The second-order valence-corrected chi connectivity index (χ2v) is 8.46. The van der Waals surface area contributed by atoms with Crippen LogP contribution in [0.2, 0.25) is 0 Å². The summed E-state index contributed by atoms with van der Waals surface area (Å²) in [5.41, 5.74) is -0.253. The van der Waals surface area contributed by atoms with E-state index < -0.39 is 0 Å². The molecule has 0 radical (unpaired) electrons. The molecule has 0 spiro atoms. The minimum atomic E-state index is -0.253. The monoisotopic (exact) mass is 320 g/mol.